The molecule has 1 aromatic heterocycles. The van der Waals surface area contributed by atoms with Crippen molar-refractivity contribution >= 4 is 5.82 Å². The standard InChI is InChI=1S/C14H23N3/c1-4-12-8-11(10-15-13-6-7-13)9-14(16-12)17(3)5-2/h8-9,13,15H,4-7,10H2,1-3H3. The highest BCUT2D eigenvalue weighted by atomic mass is 15.2. The van der Waals surface area contributed by atoms with E-state index in [0.717, 1.165) is 31.4 Å². The van der Waals surface area contributed by atoms with Crippen molar-refractivity contribution < 1.29 is 0 Å². The Morgan fingerprint density at radius 2 is 2.12 bits per heavy atom. The third-order valence-electron chi connectivity index (χ3n) is 3.32. The van der Waals surface area contributed by atoms with Crippen LogP contribution >= 0.6 is 0 Å². The van der Waals surface area contributed by atoms with Crippen LogP contribution < -0.4 is 10.2 Å². The van der Waals surface area contributed by atoms with E-state index in [1.54, 1.807) is 0 Å². The summed E-state index contributed by atoms with van der Waals surface area (Å²) in [5, 5.41) is 3.56. The minimum atomic E-state index is 0.764. The maximum atomic E-state index is 4.66. The van der Waals surface area contributed by atoms with E-state index in [1.165, 1.54) is 24.1 Å². The van der Waals surface area contributed by atoms with Crippen molar-refractivity contribution in [3.63, 3.8) is 0 Å². The zero-order valence-electron chi connectivity index (χ0n) is 11.2. The van der Waals surface area contributed by atoms with E-state index in [9.17, 15) is 0 Å². The van der Waals surface area contributed by atoms with Gasteiger partial charge < -0.3 is 10.2 Å². The minimum Gasteiger partial charge on any atom is -0.360 e. The summed E-state index contributed by atoms with van der Waals surface area (Å²) in [6, 6.07) is 5.20. The Morgan fingerprint density at radius 3 is 2.71 bits per heavy atom. The lowest BCUT2D eigenvalue weighted by Gasteiger charge is -2.18. The molecule has 1 N–H and O–H groups in total. The molecule has 3 heteroatoms. The van der Waals surface area contributed by atoms with Gasteiger partial charge in [0, 0.05) is 31.9 Å². The second-order valence-corrected chi connectivity index (χ2v) is 4.85. The number of aromatic nitrogens is 1. The van der Waals surface area contributed by atoms with Gasteiger partial charge >= 0.3 is 0 Å². The molecule has 0 aliphatic heterocycles. The Morgan fingerprint density at radius 1 is 1.35 bits per heavy atom. The molecular weight excluding hydrogens is 210 g/mol. The van der Waals surface area contributed by atoms with Crippen LogP contribution in [0.3, 0.4) is 0 Å². The lowest BCUT2D eigenvalue weighted by molar-refractivity contribution is 0.685. The number of rotatable bonds is 6. The zero-order valence-corrected chi connectivity index (χ0v) is 11.2. The van der Waals surface area contributed by atoms with Crippen molar-refractivity contribution in [1.82, 2.24) is 10.3 Å². The van der Waals surface area contributed by atoms with Crippen LogP contribution in [-0.4, -0.2) is 24.6 Å². The Bertz CT molecular complexity index is 372. The average molecular weight is 233 g/mol. The van der Waals surface area contributed by atoms with Crippen LogP contribution in [0.2, 0.25) is 0 Å². The van der Waals surface area contributed by atoms with Crippen LogP contribution in [0.4, 0.5) is 5.82 Å². The van der Waals surface area contributed by atoms with E-state index < -0.39 is 0 Å². The Kier molecular flexibility index (Phi) is 4.00. The molecule has 0 aromatic carbocycles. The van der Waals surface area contributed by atoms with Crippen LogP contribution in [0.5, 0.6) is 0 Å². The molecule has 1 aliphatic rings. The maximum Gasteiger partial charge on any atom is 0.128 e. The summed E-state index contributed by atoms with van der Waals surface area (Å²) >= 11 is 0. The van der Waals surface area contributed by atoms with Crippen LogP contribution in [0.1, 0.15) is 37.9 Å². The number of nitrogens with one attached hydrogen (secondary N) is 1. The highest BCUT2D eigenvalue weighted by molar-refractivity contribution is 5.42. The van der Waals surface area contributed by atoms with E-state index >= 15 is 0 Å². The molecule has 0 unspecified atom stereocenters. The second kappa shape index (κ2) is 5.50. The van der Waals surface area contributed by atoms with Crippen LogP contribution in [0.15, 0.2) is 12.1 Å². The smallest absolute Gasteiger partial charge is 0.128 e. The predicted octanol–water partition coefficient (Wildman–Crippen LogP) is 2.35. The summed E-state index contributed by atoms with van der Waals surface area (Å²) < 4.78 is 0. The van der Waals surface area contributed by atoms with Crippen LogP contribution in [0.25, 0.3) is 0 Å². The number of aryl methyl sites for hydroxylation is 1. The molecule has 0 bridgehead atoms. The first-order valence-electron chi connectivity index (χ1n) is 6.67. The first kappa shape index (κ1) is 12.4. The van der Waals surface area contributed by atoms with E-state index in [4.69, 9.17) is 0 Å². The van der Waals surface area contributed by atoms with Crippen LogP contribution in [0, 0.1) is 0 Å². The van der Waals surface area contributed by atoms with Gasteiger partial charge in [0.25, 0.3) is 0 Å². The van der Waals surface area contributed by atoms with Crippen molar-refractivity contribution in [2.24, 2.45) is 0 Å². The number of hydrogen-bond donors (Lipinski definition) is 1. The summed E-state index contributed by atoms with van der Waals surface area (Å²) in [5.74, 6) is 1.10. The molecule has 0 atom stereocenters. The van der Waals surface area contributed by atoms with Crippen LogP contribution in [-0.2, 0) is 13.0 Å². The molecule has 17 heavy (non-hydrogen) atoms. The lowest BCUT2D eigenvalue weighted by atomic mass is 10.2. The van der Waals surface area contributed by atoms with Gasteiger partial charge in [-0.3, -0.25) is 0 Å². The Labute approximate surface area is 104 Å². The number of pyridine rings is 1. The minimum absolute atomic E-state index is 0.764. The fraction of sp³-hybridized carbons (Fsp3) is 0.643. The van der Waals surface area contributed by atoms with Gasteiger partial charge in [0.15, 0.2) is 0 Å². The van der Waals surface area contributed by atoms with Gasteiger partial charge in [-0.15, -0.1) is 0 Å². The highest BCUT2D eigenvalue weighted by Gasteiger charge is 2.20. The summed E-state index contributed by atoms with van der Waals surface area (Å²) in [4.78, 5) is 6.86. The number of nitrogens with zero attached hydrogens (tertiary/aromatic N) is 2. The molecule has 1 aliphatic carbocycles. The zero-order chi connectivity index (χ0) is 12.3. The van der Waals surface area contributed by atoms with Crippen molar-refractivity contribution in [2.45, 2.75) is 45.7 Å². The maximum absolute atomic E-state index is 4.66. The Balaban J connectivity index is 2.11. The van der Waals surface area contributed by atoms with Gasteiger partial charge in [-0.25, -0.2) is 4.98 Å². The largest absolute Gasteiger partial charge is 0.360 e. The second-order valence-electron chi connectivity index (χ2n) is 4.85. The molecule has 0 spiro atoms. The summed E-state index contributed by atoms with van der Waals surface area (Å²) in [7, 11) is 2.10. The van der Waals surface area contributed by atoms with Gasteiger partial charge in [-0.05, 0) is 43.9 Å². The van der Waals surface area contributed by atoms with Gasteiger partial charge in [0.2, 0.25) is 0 Å². The number of anilines is 1. The Hall–Kier alpha value is -1.09. The van der Waals surface area contributed by atoms with Gasteiger partial charge in [-0.2, -0.15) is 0 Å². The molecule has 1 aromatic rings. The van der Waals surface area contributed by atoms with Gasteiger partial charge in [-0.1, -0.05) is 6.92 Å². The van der Waals surface area contributed by atoms with Crippen molar-refractivity contribution in [3.05, 3.63) is 23.4 Å². The van der Waals surface area contributed by atoms with E-state index in [-0.39, 0.29) is 0 Å². The van der Waals surface area contributed by atoms with E-state index in [2.05, 4.69) is 48.2 Å². The third kappa shape index (κ3) is 3.43. The van der Waals surface area contributed by atoms with Crippen molar-refractivity contribution in [1.29, 1.82) is 0 Å². The number of hydrogen-bond acceptors (Lipinski definition) is 3. The molecule has 94 valence electrons. The molecular formula is C14H23N3. The van der Waals surface area contributed by atoms with E-state index in [0.29, 0.717) is 0 Å². The van der Waals surface area contributed by atoms with E-state index in [1.807, 2.05) is 0 Å². The molecule has 3 nitrogen and oxygen atoms in total. The monoisotopic (exact) mass is 233 g/mol. The lowest BCUT2D eigenvalue weighted by Crippen LogP contribution is -2.20. The van der Waals surface area contributed by atoms with Gasteiger partial charge in [0.1, 0.15) is 5.82 Å². The normalized spacial score (nSPS) is 15.0. The first-order chi connectivity index (χ1) is 8.22. The molecule has 0 amide bonds. The fourth-order valence-corrected chi connectivity index (χ4v) is 1.82. The summed E-state index contributed by atoms with van der Waals surface area (Å²) in [6.07, 6.45) is 3.68. The summed E-state index contributed by atoms with van der Waals surface area (Å²) in [5.41, 5.74) is 2.55. The highest BCUT2D eigenvalue weighted by Crippen LogP contribution is 2.20. The average Bonchev–Trinajstić information content (AvgIpc) is 3.19. The molecule has 0 radical (unpaired) electrons. The van der Waals surface area contributed by atoms with Gasteiger partial charge in [0.05, 0.1) is 0 Å². The predicted molar refractivity (Wildman–Crippen MR) is 72.4 cm³/mol. The van der Waals surface area contributed by atoms with Crippen molar-refractivity contribution in [3.8, 4) is 0 Å². The SMILES string of the molecule is CCc1cc(CNC2CC2)cc(N(C)CC)n1. The quantitative estimate of drug-likeness (QED) is 0.817. The first-order valence-corrected chi connectivity index (χ1v) is 6.67. The third-order valence-corrected chi connectivity index (χ3v) is 3.32. The topological polar surface area (TPSA) is 28.2 Å². The molecule has 1 fully saturated rings. The molecule has 0 saturated heterocycles. The molecule has 1 saturated carbocycles. The molecule has 1 heterocycles. The van der Waals surface area contributed by atoms with Crippen molar-refractivity contribution in [2.75, 3.05) is 18.5 Å². The fourth-order valence-electron chi connectivity index (χ4n) is 1.82. The molecule has 2 rings (SSSR count). The summed E-state index contributed by atoms with van der Waals surface area (Å²) in [6.45, 7) is 6.29.